The van der Waals surface area contributed by atoms with Gasteiger partial charge in [-0.15, -0.1) is 0 Å². The molecule has 2 heterocycles. The number of carbonyl (C=O) groups excluding carboxylic acids is 1. The second kappa shape index (κ2) is 5.20. The number of benzene rings is 2. The quantitative estimate of drug-likeness (QED) is 0.814. The van der Waals surface area contributed by atoms with Crippen LogP contribution in [-0.4, -0.2) is 12.5 Å². The molecule has 2 aromatic rings. The van der Waals surface area contributed by atoms with Gasteiger partial charge >= 0.3 is 0 Å². The van der Waals surface area contributed by atoms with E-state index in [1.165, 1.54) is 6.07 Å². The average Bonchev–Trinajstić information content (AvgIpc) is 3.06. The predicted molar refractivity (Wildman–Crippen MR) is 88.5 cm³/mol. The summed E-state index contributed by atoms with van der Waals surface area (Å²) < 4.78 is 14.5. The van der Waals surface area contributed by atoms with Gasteiger partial charge in [-0.25, -0.2) is 4.39 Å². The van der Waals surface area contributed by atoms with Crippen LogP contribution in [0.15, 0.2) is 36.4 Å². The SMILES string of the molecule is O=C1Nc2cc(Cl)ccc2[C@]12NCC[C@@H]2c1cccc(Cl)c1F. The van der Waals surface area contributed by atoms with E-state index in [0.717, 1.165) is 5.56 Å². The largest absolute Gasteiger partial charge is 0.324 e. The highest BCUT2D eigenvalue weighted by Gasteiger charge is 2.56. The summed E-state index contributed by atoms with van der Waals surface area (Å²) in [6.45, 7) is 0.617. The van der Waals surface area contributed by atoms with Crippen molar-refractivity contribution in [2.45, 2.75) is 17.9 Å². The van der Waals surface area contributed by atoms with E-state index in [4.69, 9.17) is 23.2 Å². The highest BCUT2D eigenvalue weighted by molar-refractivity contribution is 6.31. The predicted octanol–water partition coefficient (Wildman–Crippen LogP) is 4.06. The van der Waals surface area contributed by atoms with E-state index >= 15 is 0 Å². The third kappa shape index (κ3) is 2.02. The van der Waals surface area contributed by atoms with Gasteiger partial charge in [0.1, 0.15) is 11.4 Å². The molecule has 6 heteroatoms. The average molecular weight is 351 g/mol. The maximum absolute atomic E-state index is 14.5. The Bertz CT molecular complexity index is 826. The first-order valence-corrected chi connectivity index (χ1v) is 8.10. The van der Waals surface area contributed by atoms with Crippen LogP contribution in [0.4, 0.5) is 10.1 Å². The molecular formula is C17H13Cl2FN2O. The van der Waals surface area contributed by atoms with Gasteiger partial charge in [0.25, 0.3) is 0 Å². The zero-order valence-electron chi connectivity index (χ0n) is 12.0. The van der Waals surface area contributed by atoms with Crippen molar-refractivity contribution in [3.8, 4) is 0 Å². The minimum Gasteiger partial charge on any atom is -0.324 e. The molecule has 0 saturated carbocycles. The number of carbonyl (C=O) groups is 1. The van der Waals surface area contributed by atoms with Crippen LogP contribution in [0.25, 0.3) is 0 Å². The molecule has 1 spiro atoms. The lowest BCUT2D eigenvalue weighted by molar-refractivity contribution is -0.122. The van der Waals surface area contributed by atoms with Gasteiger partial charge in [-0.1, -0.05) is 41.4 Å². The van der Waals surface area contributed by atoms with E-state index < -0.39 is 11.4 Å². The Morgan fingerprint density at radius 2 is 2.04 bits per heavy atom. The van der Waals surface area contributed by atoms with Crippen molar-refractivity contribution in [1.29, 1.82) is 0 Å². The maximum Gasteiger partial charge on any atom is 0.250 e. The maximum atomic E-state index is 14.5. The zero-order chi connectivity index (χ0) is 16.2. The fourth-order valence-electron chi connectivity index (χ4n) is 3.76. The van der Waals surface area contributed by atoms with E-state index in [9.17, 15) is 9.18 Å². The van der Waals surface area contributed by atoms with Gasteiger partial charge in [0.15, 0.2) is 0 Å². The Kier molecular flexibility index (Phi) is 3.38. The fourth-order valence-corrected chi connectivity index (χ4v) is 4.11. The molecule has 2 atom stereocenters. The molecule has 2 aliphatic heterocycles. The highest BCUT2D eigenvalue weighted by Crippen LogP contribution is 2.50. The lowest BCUT2D eigenvalue weighted by Gasteiger charge is -2.30. The minimum absolute atomic E-state index is 0.0688. The van der Waals surface area contributed by atoms with Gasteiger partial charge in [-0.2, -0.15) is 0 Å². The summed E-state index contributed by atoms with van der Waals surface area (Å²) >= 11 is 11.9. The second-order valence-electron chi connectivity index (χ2n) is 5.86. The number of hydrogen-bond acceptors (Lipinski definition) is 2. The summed E-state index contributed by atoms with van der Waals surface area (Å²) in [5.74, 6) is -0.974. The number of hydrogen-bond donors (Lipinski definition) is 2. The van der Waals surface area contributed by atoms with E-state index in [1.54, 1.807) is 24.3 Å². The molecule has 2 aromatic carbocycles. The molecule has 1 fully saturated rings. The Labute approximate surface area is 142 Å². The normalized spacial score (nSPS) is 25.7. The second-order valence-corrected chi connectivity index (χ2v) is 6.71. The summed E-state index contributed by atoms with van der Waals surface area (Å²) in [5.41, 5.74) is 0.949. The summed E-state index contributed by atoms with van der Waals surface area (Å²) in [7, 11) is 0. The summed E-state index contributed by atoms with van der Waals surface area (Å²) in [5, 5.41) is 6.77. The zero-order valence-corrected chi connectivity index (χ0v) is 13.5. The fraction of sp³-hybridized carbons (Fsp3) is 0.235. The van der Waals surface area contributed by atoms with Gasteiger partial charge in [-0.3, -0.25) is 10.1 Å². The van der Waals surface area contributed by atoms with E-state index in [2.05, 4.69) is 10.6 Å². The standard InChI is InChI=1S/C17H13Cl2FN2O/c18-9-4-5-12-14(8-9)22-16(23)17(12)11(6-7-21-17)10-2-1-3-13(19)15(10)20/h1-5,8,11,21H,6-7H2,(H,22,23)/t11-,17+/m1/s1. The minimum atomic E-state index is -0.981. The van der Waals surface area contributed by atoms with Crippen molar-refractivity contribution in [2.24, 2.45) is 0 Å². The Morgan fingerprint density at radius 3 is 2.87 bits per heavy atom. The molecule has 0 bridgehead atoms. The molecular weight excluding hydrogens is 338 g/mol. The van der Waals surface area contributed by atoms with Crippen LogP contribution in [0.5, 0.6) is 0 Å². The summed E-state index contributed by atoms with van der Waals surface area (Å²) in [6, 6.07) is 10.2. The van der Waals surface area contributed by atoms with Crippen molar-refractivity contribution in [2.75, 3.05) is 11.9 Å². The van der Waals surface area contributed by atoms with Crippen molar-refractivity contribution in [3.05, 3.63) is 63.4 Å². The van der Waals surface area contributed by atoms with Crippen LogP contribution in [-0.2, 0) is 10.3 Å². The number of anilines is 1. The Balaban J connectivity index is 1.91. The first-order valence-electron chi connectivity index (χ1n) is 7.34. The van der Waals surface area contributed by atoms with Crippen molar-refractivity contribution < 1.29 is 9.18 Å². The van der Waals surface area contributed by atoms with E-state index in [0.29, 0.717) is 29.2 Å². The van der Waals surface area contributed by atoms with Crippen molar-refractivity contribution >= 4 is 34.8 Å². The molecule has 23 heavy (non-hydrogen) atoms. The van der Waals surface area contributed by atoms with Crippen LogP contribution in [0.2, 0.25) is 10.0 Å². The van der Waals surface area contributed by atoms with E-state index in [-0.39, 0.29) is 16.8 Å². The third-order valence-corrected chi connectivity index (χ3v) is 5.26. The van der Waals surface area contributed by atoms with Gasteiger partial charge in [0.2, 0.25) is 5.91 Å². The van der Waals surface area contributed by atoms with Crippen LogP contribution >= 0.6 is 23.2 Å². The molecule has 0 aliphatic carbocycles. The molecule has 2 aliphatic rings. The number of rotatable bonds is 1. The molecule has 1 amide bonds. The first-order chi connectivity index (χ1) is 11.0. The van der Waals surface area contributed by atoms with Gasteiger partial charge in [-0.05, 0) is 36.7 Å². The lowest BCUT2D eigenvalue weighted by atomic mass is 9.76. The van der Waals surface area contributed by atoms with Gasteiger partial charge < -0.3 is 5.32 Å². The van der Waals surface area contributed by atoms with Crippen LogP contribution < -0.4 is 10.6 Å². The van der Waals surface area contributed by atoms with Crippen LogP contribution in [0, 0.1) is 5.82 Å². The van der Waals surface area contributed by atoms with Crippen LogP contribution in [0.3, 0.4) is 0 Å². The molecule has 0 radical (unpaired) electrons. The van der Waals surface area contributed by atoms with Crippen molar-refractivity contribution in [3.63, 3.8) is 0 Å². The number of amides is 1. The Morgan fingerprint density at radius 1 is 1.22 bits per heavy atom. The molecule has 118 valence electrons. The number of halogens is 3. The summed E-state index contributed by atoms with van der Waals surface area (Å²) in [6.07, 6.45) is 0.646. The molecule has 3 nitrogen and oxygen atoms in total. The van der Waals surface area contributed by atoms with Crippen molar-refractivity contribution in [1.82, 2.24) is 5.32 Å². The molecule has 2 N–H and O–H groups in total. The Hall–Kier alpha value is -1.62. The molecule has 0 unspecified atom stereocenters. The van der Waals surface area contributed by atoms with E-state index in [1.807, 2.05) is 6.07 Å². The first kappa shape index (κ1) is 14.9. The number of nitrogens with one attached hydrogen (secondary N) is 2. The van der Waals surface area contributed by atoms with Gasteiger partial charge in [0, 0.05) is 22.2 Å². The smallest absolute Gasteiger partial charge is 0.250 e. The monoisotopic (exact) mass is 350 g/mol. The van der Waals surface area contributed by atoms with Gasteiger partial charge in [0.05, 0.1) is 5.02 Å². The number of fused-ring (bicyclic) bond motifs is 2. The highest BCUT2D eigenvalue weighted by atomic mass is 35.5. The third-order valence-electron chi connectivity index (χ3n) is 4.73. The molecule has 4 rings (SSSR count). The lowest BCUT2D eigenvalue weighted by Crippen LogP contribution is -2.47. The molecule has 0 aromatic heterocycles. The summed E-state index contributed by atoms with van der Waals surface area (Å²) in [4.78, 5) is 12.8. The topological polar surface area (TPSA) is 41.1 Å². The molecule has 1 saturated heterocycles. The van der Waals surface area contributed by atoms with Crippen LogP contribution in [0.1, 0.15) is 23.5 Å².